The number of carbonyl (C=O) groups is 2. The Labute approximate surface area is 104 Å². The molecule has 0 spiro atoms. The van der Waals surface area contributed by atoms with Crippen molar-refractivity contribution >= 4 is 12.3 Å². The molecule has 0 fully saturated rings. The van der Waals surface area contributed by atoms with Crippen LogP contribution in [0, 0.1) is 13.8 Å². The number of aromatic carboxylic acids is 1. The van der Waals surface area contributed by atoms with Gasteiger partial charge in [-0.25, -0.2) is 9.48 Å². The zero-order valence-corrected chi connectivity index (χ0v) is 10.0. The van der Waals surface area contributed by atoms with Gasteiger partial charge in [-0.3, -0.25) is 4.79 Å². The molecule has 1 N–H and O–H groups in total. The van der Waals surface area contributed by atoms with Gasteiger partial charge in [0.1, 0.15) is 0 Å². The minimum atomic E-state index is -1.09. The van der Waals surface area contributed by atoms with Crippen LogP contribution >= 0.6 is 0 Å². The number of aldehydes is 1. The number of carboxylic acid groups (broad SMARTS) is 1. The van der Waals surface area contributed by atoms with Crippen LogP contribution in [-0.2, 0) is 0 Å². The van der Waals surface area contributed by atoms with E-state index in [1.165, 1.54) is 10.7 Å². The molecular weight excluding hydrogens is 232 g/mol. The van der Waals surface area contributed by atoms with E-state index in [1.54, 1.807) is 19.1 Å². The van der Waals surface area contributed by atoms with Crippen molar-refractivity contribution in [2.75, 3.05) is 0 Å². The summed E-state index contributed by atoms with van der Waals surface area (Å²) in [5.74, 6) is -1.09. The van der Waals surface area contributed by atoms with E-state index in [0.29, 0.717) is 16.9 Å². The molecule has 92 valence electrons. The second kappa shape index (κ2) is 4.44. The Morgan fingerprint density at radius 2 is 2.11 bits per heavy atom. The Morgan fingerprint density at radius 3 is 2.67 bits per heavy atom. The molecule has 2 aromatic rings. The van der Waals surface area contributed by atoms with E-state index in [-0.39, 0.29) is 5.69 Å². The number of benzene rings is 1. The fourth-order valence-corrected chi connectivity index (χ4v) is 1.83. The summed E-state index contributed by atoms with van der Waals surface area (Å²) in [6.45, 7) is 3.57. The zero-order valence-electron chi connectivity index (χ0n) is 10.0. The van der Waals surface area contributed by atoms with Gasteiger partial charge < -0.3 is 5.11 Å². The average Bonchev–Trinajstić information content (AvgIpc) is 2.71. The van der Waals surface area contributed by atoms with Crippen molar-refractivity contribution < 1.29 is 14.7 Å². The van der Waals surface area contributed by atoms with Crippen molar-refractivity contribution in [1.29, 1.82) is 0 Å². The smallest absolute Gasteiger partial charge is 0.356 e. The Kier molecular flexibility index (Phi) is 2.97. The van der Waals surface area contributed by atoms with E-state index >= 15 is 0 Å². The predicted molar refractivity (Wildman–Crippen MR) is 65.4 cm³/mol. The first kappa shape index (κ1) is 12.0. The molecule has 0 bridgehead atoms. The number of aryl methyl sites for hydroxylation is 2. The van der Waals surface area contributed by atoms with Gasteiger partial charge in [0.15, 0.2) is 12.0 Å². The fourth-order valence-electron chi connectivity index (χ4n) is 1.83. The maximum Gasteiger partial charge on any atom is 0.356 e. The lowest BCUT2D eigenvalue weighted by atomic mass is 10.1. The Morgan fingerprint density at radius 1 is 1.39 bits per heavy atom. The minimum Gasteiger partial charge on any atom is -0.476 e. The molecular formula is C13H12N2O3. The first-order valence-corrected chi connectivity index (χ1v) is 5.39. The van der Waals surface area contributed by atoms with Gasteiger partial charge in [-0.05, 0) is 31.5 Å². The van der Waals surface area contributed by atoms with Gasteiger partial charge in [-0.15, -0.1) is 0 Å². The maximum atomic E-state index is 11.1. The highest BCUT2D eigenvalue weighted by atomic mass is 16.4. The summed E-state index contributed by atoms with van der Waals surface area (Å²) >= 11 is 0. The molecule has 0 atom stereocenters. The number of carbonyl (C=O) groups excluding carboxylic acids is 1. The van der Waals surface area contributed by atoms with Crippen molar-refractivity contribution in [3.05, 3.63) is 46.8 Å². The highest BCUT2D eigenvalue weighted by Crippen LogP contribution is 2.18. The van der Waals surface area contributed by atoms with Crippen LogP contribution in [0.2, 0.25) is 0 Å². The molecule has 5 heteroatoms. The molecule has 0 unspecified atom stereocenters. The number of hydrogen-bond donors (Lipinski definition) is 1. The van der Waals surface area contributed by atoms with Crippen LogP contribution in [-0.4, -0.2) is 27.1 Å². The lowest BCUT2D eigenvalue weighted by Crippen LogP contribution is -2.06. The third-order valence-corrected chi connectivity index (χ3v) is 2.75. The largest absolute Gasteiger partial charge is 0.476 e. The van der Waals surface area contributed by atoms with Crippen molar-refractivity contribution in [2.24, 2.45) is 0 Å². The Balaban J connectivity index is 2.65. The number of carboxylic acids is 1. The standard InChI is InChI=1S/C13H12N2O3/c1-8-4-3-5-12(10(8)7-16)15-9(2)6-11(14-15)13(17)18/h3-7H,1-2H3,(H,17,18). The maximum absolute atomic E-state index is 11.1. The summed E-state index contributed by atoms with van der Waals surface area (Å²) in [5, 5.41) is 12.9. The molecule has 0 aliphatic heterocycles. The van der Waals surface area contributed by atoms with Gasteiger partial charge in [0, 0.05) is 11.3 Å². The number of hydrogen-bond acceptors (Lipinski definition) is 3. The highest BCUT2D eigenvalue weighted by Gasteiger charge is 2.14. The van der Waals surface area contributed by atoms with Crippen LogP contribution in [0.1, 0.15) is 32.1 Å². The third-order valence-electron chi connectivity index (χ3n) is 2.75. The van der Waals surface area contributed by atoms with Crippen LogP contribution in [0.4, 0.5) is 0 Å². The van der Waals surface area contributed by atoms with Crippen molar-refractivity contribution in [3.8, 4) is 5.69 Å². The predicted octanol–water partition coefficient (Wildman–Crippen LogP) is 2.00. The molecule has 0 amide bonds. The molecule has 1 aromatic heterocycles. The highest BCUT2D eigenvalue weighted by molar-refractivity contribution is 5.86. The molecule has 0 aliphatic carbocycles. The van der Waals surface area contributed by atoms with Crippen molar-refractivity contribution in [1.82, 2.24) is 9.78 Å². The van der Waals surface area contributed by atoms with Crippen molar-refractivity contribution in [2.45, 2.75) is 13.8 Å². The number of aromatic nitrogens is 2. The molecule has 2 rings (SSSR count). The molecule has 1 heterocycles. The van der Waals surface area contributed by atoms with Gasteiger partial charge in [0.05, 0.1) is 5.69 Å². The van der Waals surface area contributed by atoms with Crippen LogP contribution in [0.5, 0.6) is 0 Å². The van der Waals surface area contributed by atoms with Crippen LogP contribution in [0.15, 0.2) is 24.3 Å². The molecule has 5 nitrogen and oxygen atoms in total. The Hall–Kier alpha value is -2.43. The van der Waals surface area contributed by atoms with E-state index in [9.17, 15) is 9.59 Å². The number of nitrogens with zero attached hydrogens (tertiary/aromatic N) is 2. The van der Waals surface area contributed by atoms with E-state index in [1.807, 2.05) is 13.0 Å². The topological polar surface area (TPSA) is 72.2 Å². The summed E-state index contributed by atoms with van der Waals surface area (Å²) in [6, 6.07) is 6.84. The summed E-state index contributed by atoms with van der Waals surface area (Å²) in [4.78, 5) is 22.0. The van der Waals surface area contributed by atoms with Gasteiger partial charge in [0.25, 0.3) is 0 Å². The lowest BCUT2D eigenvalue weighted by molar-refractivity contribution is 0.0690. The molecule has 0 saturated carbocycles. The van der Waals surface area contributed by atoms with Crippen LogP contribution in [0.25, 0.3) is 5.69 Å². The molecule has 0 radical (unpaired) electrons. The Bertz CT molecular complexity index is 629. The van der Waals surface area contributed by atoms with Crippen LogP contribution in [0.3, 0.4) is 0 Å². The second-order valence-electron chi connectivity index (χ2n) is 4.01. The van der Waals surface area contributed by atoms with E-state index < -0.39 is 5.97 Å². The third kappa shape index (κ3) is 1.90. The first-order chi connectivity index (χ1) is 8.54. The zero-order chi connectivity index (χ0) is 13.3. The summed E-state index contributed by atoms with van der Waals surface area (Å²) in [5.41, 5.74) is 2.57. The fraction of sp³-hybridized carbons (Fsp3) is 0.154. The summed E-state index contributed by atoms with van der Waals surface area (Å²) < 4.78 is 1.47. The quantitative estimate of drug-likeness (QED) is 0.838. The summed E-state index contributed by atoms with van der Waals surface area (Å²) in [7, 11) is 0. The van der Waals surface area contributed by atoms with E-state index in [4.69, 9.17) is 5.11 Å². The number of rotatable bonds is 3. The lowest BCUT2D eigenvalue weighted by Gasteiger charge is -2.09. The molecule has 1 aromatic carbocycles. The minimum absolute atomic E-state index is 0.0362. The van der Waals surface area contributed by atoms with Gasteiger partial charge >= 0.3 is 5.97 Å². The SMILES string of the molecule is Cc1cccc(-n2nc(C(=O)O)cc2C)c1C=O. The van der Waals surface area contributed by atoms with Crippen LogP contribution < -0.4 is 0 Å². The monoisotopic (exact) mass is 244 g/mol. The molecule has 18 heavy (non-hydrogen) atoms. The van der Waals surface area contributed by atoms with Gasteiger partial charge in [-0.2, -0.15) is 5.10 Å². The normalized spacial score (nSPS) is 10.3. The van der Waals surface area contributed by atoms with Crippen molar-refractivity contribution in [3.63, 3.8) is 0 Å². The van der Waals surface area contributed by atoms with Gasteiger partial charge in [0.2, 0.25) is 0 Å². The molecule has 0 saturated heterocycles. The molecule has 0 aliphatic rings. The second-order valence-corrected chi connectivity index (χ2v) is 4.01. The average molecular weight is 244 g/mol. The first-order valence-electron chi connectivity index (χ1n) is 5.39. The summed E-state index contributed by atoms with van der Waals surface area (Å²) in [6.07, 6.45) is 0.756. The van der Waals surface area contributed by atoms with Gasteiger partial charge in [-0.1, -0.05) is 12.1 Å². The van der Waals surface area contributed by atoms with E-state index in [0.717, 1.165) is 11.8 Å². The van der Waals surface area contributed by atoms with E-state index in [2.05, 4.69) is 5.10 Å².